The van der Waals surface area contributed by atoms with Gasteiger partial charge in [-0.2, -0.15) is 9.78 Å². The number of nitro groups is 1. The second kappa shape index (κ2) is 6.04. The van der Waals surface area contributed by atoms with Crippen molar-refractivity contribution in [1.82, 2.24) is 19.6 Å². The van der Waals surface area contributed by atoms with Crippen molar-refractivity contribution in [2.45, 2.75) is 13.5 Å². The summed E-state index contributed by atoms with van der Waals surface area (Å²) in [5, 5.41) is 18.6. The monoisotopic (exact) mass is 357 g/mol. The lowest BCUT2D eigenvalue weighted by Crippen LogP contribution is -2.12. The predicted molar refractivity (Wildman–Crippen MR) is 74.8 cm³/mol. The van der Waals surface area contributed by atoms with Gasteiger partial charge in [0.15, 0.2) is 0 Å². The molecule has 2 heterocycles. The summed E-state index contributed by atoms with van der Waals surface area (Å²) in [5.74, 6) is -0.767. The maximum absolute atomic E-state index is 11.8. The van der Waals surface area contributed by atoms with Crippen molar-refractivity contribution < 1.29 is 14.5 Å². The number of halogens is 1. The highest BCUT2D eigenvalue weighted by atomic mass is 79.9. The zero-order chi connectivity index (χ0) is 15.6. The van der Waals surface area contributed by atoms with Crippen LogP contribution in [0.15, 0.2) is 16.9 Å². The Hall–Kier alpha value is -2.23. The van der Waals surface area contributed by atoms with Gasteiger partial charge in [0.2, 0.25) is 0 Å². The largest absolute Gasteiger partial charge is 0.462 e. The van der Waals surface area contributed by atoms with E-state index in [0.29, 0.717) is 11.3 Å². The SMILES string of the molecule is CCOC(=O)c1cnn(C)c1Cn1cc(Br)c([N+](=O)[O-])n1. The Morgan fingerprint density at radius 1 is 1.57 bits per heavy atom. The summed E-state index contributed by atoms with van der Waals surface area (Å²) >= 11 is 3.07. The first-order valence-electron chi connectivity index (χ1n) is 5.99. The van der Waals surface area contributed by atoms with Crippen LogP contribution >= 0.6 is 15.9 Å². The maximum atomic E-state index is 11.8. The lowest BCUT2D eigenvalue weighted by molar-refractivity contribution is -0.390. The van der Waals surface area contributed by atoms with Crippen LogP contribution in [0.5, 0.6) is 0 Å². The summed E-state index contributed by atoms with van der Waals surface area (Å²) in [4.78, 5) is 22.0. The van der Waals surface area contributed by atoms with E-state index in [0.717, 1.165) is 0 Å². The number of esters is 1. The van der Waals surface area contributed by atoms with E-state index in [4.69, 9.17) is 4.74 Å². The number of hydrogen-bond acceptors (Lipinski definition) is 6. The second-order valence-electron chi connectivity index (χ2n) is 4.10. The van der Waals surface area contributed by atoms with E-state index in [1.54, 1.807) is 14.0 Å². The number of carbonyl (C=O) groups excluding carboxylic acids is 1. The smallest absolute Gasteiger partial charge is 0.404 e. The van der Waals surface area contributed by atoms with Crippen LogP contribution in [0.3, 0.4) is 0 Å². The van der Waals surface area contributed by atoms with Crippen molar-refractivity contribution >= 4 is 27.7 Å². The molecule has 0 aliphatic heterocycles. The van der Waals surface area contributed by atoms with Crippen molar-refractivity contribution in [3.05, 3.63) is 38.2 Å². The molecule has 2 aromatic rings. The lowest BCUT2D eigenvalue weighted by Gasteiger charge is -2.04. The molecule has 0 atom stereocenters. The second-order valence-corrected chi connectivity index (χ2v) is 4.96. The Labute approximate surface area is 127 Å². The number of aromatic nitrogens is 4. The third-order valence-electron chi connectivity index (χ3n) is 2.74. The molecule has 2 rings (SSSR count). The van der Waals surface area contributed by atoms with E-state index in [2.05, 4.69) is 26.1 Å². The van der Waals surface area contributed by atoms with Gasteiger partial charge in [0.1, 0.15) is 16.6 Å². The molecule has 0 amide bonds. The molecule has 21 heavy (non-hydrogen) atoms. The minimum absolute atomic E-state index is 0.164. The fourth-order valence-corrected chi connectivity index (χ4v) is 2.24. The number of rotatable bonds is 5. The quantitative estimate of drug-likeness (QED) is 0.456. The molecule has 0 radical (unpaired) electrons. The summed E-state index contributed by atoms with van der Waals surface area (Å²) in [6, 6.07) is 0. The van der Waals surface area contributed by atoms with Crippen LogP contribution in [0, 0.1) is 10.1 Å². The molecule has 0 unspecified atom stereocenters. The number of carbonyl (C=O) groups is 1. The summed E-state index contributed by atoms with van der Waals surface area (Å²) in [7, 11) is 1.67. The summed E-state index contributed by atoms with van der Waals surface area (Å²) in [6.45, 7) is 2.13. The molecule has 0 aliphatic rings. The van der Waals surface area contributed by atoms with Crippen molar-refractivity contribution in [1.29, 1.82) is 0 Å². The van der Waals surface area contributed by atoms with Crippen LogP contribution in [0.4, 0.5) is 5.82 Å². The van der Waals surface area contributed by atoms with Crippen LogP contribution in [0.25, 0.3) is 0 Å². The first-order valence-corrected chi connectivity index (χ1v) is 6.78. The minimum Gasteiger partial charge on any atom is -0.462 e. The van der Waals surface area contributed by atoms with Gasteiger partial charge in [-0.3, -0.25) is 4.68 Å². The predicted octanol–water partition coefficient (Wildman–Crippen LogP) is 1.51. The standard InChI is InChI=1S/C11H12BrN5O4/c1-3-21-11(18)7-4-13-15(2)9(7)6-16-5-8(12)10(14-16)17(19)20/h4-5H,3,6H2,1-2H3. The fourth-order valence-electron chi connectivity index (χ4n) is 1.77. The molecule has 0 aliphatic carbocycles. The van der Waals surface area contributed by atoms with Crippen molar-refractivity contribution in [3.63, 3.8) is 0 Å². The molecular weight excluding hydrogens is 346 g/mol. The average molecular weight is 358 g/mol. The highest BCUT2D eigenvalue weighted by Crippen LogP contribution is 2.23. The zero-order valence-electron chi connectivity index (χ0n) is 11.3. The Morgan fingerprint density at radius 2 is 2.29 bits per heavy atom. The average Bonchev–Trinajstić information content (AvgIpc) is 2.95. The molecule has 0 saturated carbocycles. The van der Waals surface area contributed by atoms with Gasteiger partial charge in [-0.25, -0.2) is 4.79 Å². The third-order valence-corrected chi connectivity index (χ3v) is 3.30. The Bertz CT molecular complexity index is 693. The number of nitrogens with zero attached hydrogens (tertiary/aromatic N) is 5. The van der Waals surface area contributed by atoms with Gasteiger partial charge in [-0.1, -0.05) is 0 Å². The summed E-state index contributed by atoms with van der Waals surface area (Å²) in [5.41, 5.74) is 0.868. The molecule has 0 spiro atoms. The highest BCUT2D eigenvalue weighted by molar-refractivity contribution is 9.10. The van der Waals surface area contributed by atoms with Crippen LogP contribution in [0.1, 0.15) is 23.0 Å². The molecular formula is C11H12BrN5O4. The first-order chi connectivity index (χ1) is 9.93. The van der Waals surface area contributed by atoms with Crippen molar-refractivity contribution in [3.8, 4) is 0 Å². The van der Waals surface area contributed by atoms with Gasteiger partial charge < -0.3 is 14.9 Å². The summed E-state index contributed by atoms with van der Waals surface area (Å²) < 4.78 is 8.09. The third kappa shape index (κ3) is 3.10. The normalized spacial score (nSPS) is 10.6. The van der Waals surface area contributed by atoms with Gasteiger partial charge in [0.05, 0.1) is 29.8 Å². The van der Waals surface area contributed by atoms with E-state index in [1.165, 1.54) is 21.8 Å². The van der Waals surface area contributed by atoms with Crippen LogP contribution in [-0.4, -0.2) is 37.1 Å². The van der Waals surface area contributed by atoms with Crippen molar-refractivity contribution in [2.24, 2.45) is 7.05 Å². The van der Waals surface area contributed by atoms with Crippen LogP contribution in [0.2, 0.25) is 0 Å². The van der Waals surface area contributed by atoms with Crippen molar-refractivity contribution in [2.75, 3.05) is 6.61 Å². The highest BCUT2D eigenvalue weighted by Gasteiger charge is 2.22. The fraction of sp³-hybridized carbons (Fsp3) is 0.364. The topological polar surface area (TPSA) is 105 Å². The van der Waals surface area contributed by atoms with E-state index in [-0.39, 0.29) is 23.4 Å². The Morgan fingerprint density at radius 3 is 2.86 bits per heavy atom. The van der Waals surface area contributed by atoms with Gasteiger partial charge in [-0.05, 0) is 27.8 Å². The van der Waals surface area contributed by atoms with Crippen LogP contribution < -0.4 is 0 Å². The molecule has 112 valence electrons. The van der Waals surface area contributed by atoms with Crippen LogP contribution in [-0.2, 0) is 18.3 Å². The molecule has 10 heteroatoms. The summed E-state index contributed by atoms with van der Waals surface area (Å²) in [6.07, 6.45) is 2.88. The first kappa shape index (κ1) is 15.2. The lowest BCUT2D eigenvalue weighted by atomic mass is 10.2. The maximum Gasteiger partial charge on any atom is 0.404 e. The minimum atomic E-state index is -0.587. The Kier molecular flexibility index (Phi) is 4.36. The number of hydrogen-bond donors (Lipinski definition) is 0. The van der Waals surface area contributed by atoms with Gasteiger partial charge in [0.25, 0.3) is 0 Å². The molecule has 0 aromatic carbocycles. The van der Waals surface area contributed by atoms with Gasteiger partial charge >= 0.3 is 11.8 Å². The Balaban J connectivity index is 2.31. The zero-order valence-corrected chi connectivity index (χ0v) is 12.9. The molecule has 0 saturated heterocycles. The molecule has 2 aromatic heterocycles. The van der Waals surface area contributed by atoms with Gasteiger partial charge in [0, 0.05) is 7.05 Å². The molecule has 9 nitrogen and oxygen atoms in total. The molecule has 0 N–H and O–H groups in total. The molecule has 0 fully saturated rings. The molecule has 0 bridgehead atoms. The number of aryl methyl sites for hydroxylation is 1. The van der Waals surface area contributed by atoms with Gasteiger partial charge in [-0.15, -0.1) is 0 Å². The van der Waals surface area contributed by atoms with E-state index < -0.39 is 10.9 Å². The number of ether oxygens (including phenoxy) is 1. The van der Waals surface area contributed by atoms with E-state index in [9.17, 15) is 14.9 Å². The van der Waals surface area contributed by atoms with E-state index in [1.807, 2.05) is 0 Å². The van der Waals surface area contributed by atoms with E-state index >= 15 is 0 Å².